The molecule has 0 saturated carbocycles. The molecule has 1 aliphatic heterocycles. The van der Waals surface area contributed by atoms with Gasteiger partial charge in [-0.2, -0.15) is 0 Å². The van der Waals surface area contributed by atoms with Crippen LogP contribution in [0, 0.1) is 0 Å². The van der Waals surface area contributed by atoms with E-state index >= 15 is 0 Å². The molecule has 1 aromatic carbocycles. The summed E-state index contributed by atoms with van der Waals surface area (Å²) in [5.41, 5.74) is 1.24. The van der Waals surface area contributed by atoms with Gasteiger partial charge in [-0.1, -0.05) is 6.92 Å². The summed E-state index contributed by atoms with van der Waals surface area (Å²) >= 11 is 1.80. The van der Waals surface area contributed by atoms with Gasteiger partial charge in [0.15, 0.2) is 0 Å². The molecule has 2 unspecified atom stereocenters. The van der Waals surface area contributed by atoms with Gasteiger partial charge >= 0.3 is 0 Å². The number of hydrogen-bond donors (Lipinski definition) is 1. The summed E-state index contributed by atoms with van der Waals surface area (Å²) < 4.78 is 7.07. The van der Waals surface area contributed by atoms with Crippen LogP contribution in [0.5, 0.6) is 0 Å². The van der Waals surface area contributed by atoms with Crippen LogP contribution in [0.1, 0.15) is 26.2 Å². The Bertz CT molecular complexity index is 522. The zero-order chi connectivity index (χ0) is 12.4. The Kier molecular flexibility index (Phi) is 3.52. The maximum Gasteiger partial charge on any atom is 0.0592 e. The van der Waals surface area contributed by atoms with Crippen molar-refractivity contribution in [1.29, 1.82) is 0 Å². The van der Waals surface area contributed by atoms with Gasteiger partial charge in [-0.05, 0) is 54.3 Å². The number of nitrogens with one attached hydrogen (secondary N) is 1. The average Bonchev–Trinajstić information content (AvgIpc) is 2.86. The minimum absolute atomic E-state index is 0.432. The highest BCUT2D eigenvalue weighted by atomic mass is 32.1. The Labute approximate surface area is 112 Å². The van der Waals surface area contributed by atoms with Crippen LogP contribution in [0.3, 0.4) is 0 Å². The van der Waals surface area contributed by atoms with Crippen molar-refractivity contribution in [3.8, 4) is 0 Å². The first-order chi connectivity index (χ1) is 8.85. The standard InChI is InChI=1S/C15H19NOS/c1-2-14-10-13(5-7-17-14)16-12-3-4-15-11(9-12)6-8-18-15/h3-4,6,8-9,13-14,16H,2,5,7,10H2,1H3. The number of fused-ring (bicyclic) bond motifs is 1. The SMILES string of the molecule is CCC1CC(Nc2ccc3sccc3c2)CCO1. The summed E-state index contributed by atoms with van der Waals surface area (Å²) in [7, 11) is 0. The van der Waals surface area contributed by atoms with Crippen molar-refractivity contribution in [3.63, 3.8) is 0 Å². The van der Waals surface area contributed by atoms with Crippen LogP contribution in [0.15, 0.2) is 29.6 Å². The maximum absolute atomic E-state index is 5.71. The third-order valence-corrected chi connectivity index (χ3v) is 4.54. The lowest BCUT2D eigenvalue weighted by molar-refractivity contribution is 0.00926. The van der Waals surface area contributed by atoms with Gasteiger partial charge in [-0.3, -0.25) is 0 Å². The fourth-order valence-corrected chi connectivity index (χ4v) is 3.36. The van der Waals surface area contributed by atoms with Crippen molar-refractivity contribution in [2.45, 2.75) is 38.3 Å². The van der Waals surface area contributed by atoms with Gasteiger partial charge in [0, 0.05) is 23.0 Å². The first kappa shape index (κ1) is 12.0. The first-order valence-corrected chi connectivity index (χ1v) is 7.58. The summed E-state index contributed by atoms with van der Waals surface area (Å²) in [5, 5.41) is 7.14. The second-order valence-corrected chi connectivity index (χ2v) is 5.89. The van der Waals surface area contributed by atoms with Crippen molar-refractivity contribution >= 4 is 27.1 Å². The van der Waals surface area contributed by atoms with E-state index in [2.05, 4.69) is 41.9 Å². The molecule has 0 bridgehead atoms. The number of benzene rings is 1. The van der Waals surface area contributed by atoms with E-state index in [1.807, 2.05) is 0 Å². The Morgan fingerprint density at radius 1 is 1.39 bits per heavy atom. The van der Waals surface area contributed by atoms with E-state index in [-0.39, 0.29) is 0 Å². The molecule has 0 amide bonds. The van der Waals surface area contributed by atoms with E-state index in [4.69, 9.17) is 4.74 Å². The molecule has 2 atom stereocenters. The molecule has 1 aliphatic rings. The third kappa shape index (κ3) is 2.52. The predicted octanol–water partition coefficient (Wildman–Crippen LogP) is 4.27. The van der Waals surface area contributed by atoms with E-state index in [9.17, 15) is 0 Å². The number of rotatable bonds is 3. The van der Waals surface area contributed by atoms with Crippen molar-refractivity contribution in [2.75, 3.05) is 11.9 Å². The van der Waals surface area contributed by atoms with Crippen LogP contribution in [0.2, 0.25) is 0 Å². The smallest absolute Gasteiger partial charge is 0.0592 e. The van der Waals surface area contributed by atoms with Gasteiger partial charge in [0.2, 0.25) is 0 Å². The van der Waals surface area contributed by atoms with Crippen molar-refractivity contribution < 1.29 is 4.74 Å². The molecule has 1 N–H and O–H groups in total. The second-order valence-electron chi connectivity index (χ2n) is 4.94. The number of thiophene rings is 1. The Balaban J connectivity index is 1.71. The van der Waals surface area contributed by atoms with Crippen LogP contribution in [-0.2, 0) is 4.74 Å². The van der Waals surface area contributed by atoms with Gasteiger partial charge in [-0.15, -0.1) is 11.3 Å². The topological polar surface area (TPSA) is 21.3 Å². The van der Waals surface area contributed by atoms with Gasteiger partial charge in [0.25, 0.3) is 0 Å². The summed E-state index contributed by atoms with van der Waals surface area (Å²) in [6.07, 6.45) is 3.78. The quantitative estimate of drug-likeness (QED) is 0.891. The fraction of sp³-hybridized carbons (Fsp3) is 0.467. The summed E-state index contributed by atoms with van der Waals surface area (Å²) in [5.74, 6) is 0. The number of ether oxygens (including phenoxy) is 1. The van der Waals surface area contributed by atoms with Crippen LogP contribution >= 0.6 is 11.3 Å². The van der Waals surface area contributed by atoms with Gasteiger partial charge in [0.05, 0.1) is 6.10 Å². The molecule has 2 heterocycles. The lowest BCUT2D eigenvalue weighted by Crippen LogP contribution is -2.33. The molecule has 1 saturated heterocycles. The number of anilines is 1. The highest BCUT2D eigenvalue weighted by Crippen LogP contribution is 2.26. The van der Waals surface area contributed by atoms with Crippen LogP contribution in [-0.4, -0.2) is 18.8 Å². The van der Waals surface area contributed by atoms with E-state index in [0.717, 1.165) is 25.9 Å². The molecule has 1 aromatic heterocycles. The minimum Gasteiger partial charge on any atom is -0.382 e. The lowest BCUT2D eigenvalue weighted by atomic mass is 10.0. The van der Waals surface area contributed by atoms with Crippen molar-refractivity contribution in [2.24, 2.45) is 0 Å². The van der Waals surface area contributed by atoms with E-state index in [1.165, 1.54) is 15.8 Å². The van der Waals surface area contributed by atoms with E-state index in [0.29, 0.717) is 12.1 Å². The van der Waals surface area contributed by atoms with E-state index < -0.39 is 0 Å². The molecule has 0 aliphatic carbocycles. The lowest BCUT2D eigenvalue weighted by Gasteiger charge is -2.30. The fourth-order valence-electron chi connectivity index (χ4n) is 2.59. The zero-order valence-electron chi connectivity index (χ0n) is 10.7. The van der Waals surface area contributed by atoms with Crippen LogP contribution < -0.4 is 5.32 Å². The van der Waals surface area contributed by atoms with E-state index in [1.54, 1.807) is 11.3 Å². The molecule has 0 radical (unpaired) electrons. The Hall–Kier alpha value is -1.06. The third-order valence-electron chi connectivity index (χ3n) is 3.65. The Morgan fingerprint density at radius 2 is 2.33 bits per heavy atom. The highest BCUT2D eigenvalue weighted by Gasteiger charge is 2.20. The Morgan fingerprint density at radius 3 is 3.22 bits per heavy atom. The molecule has 96 valence electrons. The number of hydrogen-bond acceptors (Lipinski definition) is 3. The zero-order valence-corrected chi connectivity index (χ0v) is 11.5. The molecule has 2 nitrogen and oxygen atoms in total. The summed E-state index contributed by atoms with van der Waals surface area (Å²) in [6, 6.07) is 9.39. The van der Waals surface area contributed by atoms with Gasteiger partial charge in [-0.25, -0.2) is 0 Å². The molecule has 2 aromatic rings. The largest absolute Gasteiger partial charge is 0.382 e. The molecule has 3 heteroatoms. The normalized spacial score (nSPS) is 24.3. The van der Waals surface area contributed by atoms with Crippen LogP contribution in [0.4, 0.5) is 5.69 Å². The molecule has 18 heavy (non-hydrogen) atoms. The molecule has 3 rings (SSSR count). The minimum atomic E-state index is 0.432. The van der Waals surface area contributed by atoms with Gasteiger partial charge in [0.1, 0.15) is 0 Å². The molecule has 0 spiro atoms. The molecule has 1 fully saturated rings. The van der Waals surface area contributed by atoms with Crippen LogP contribution in [0.25, 0.3) is 10.1 Å². The summed E-state index contributed by atoms with van der Waals surface area (Å²) in [4.78, 5) is 0. The molecular weight excluding hydrogens is 242 g/mol. The predicted molar refractivity (Wildman–Crippen MR) is 78.5 cm³/mol. The molecular formula is C15H19NOS. The monoisotopic (exact) mass is 261 g/mol. The summed E-state index contributed by atoms with van der Waals surface area (Å²) in [6.45, 7) is 3.08. The average molecular weight is 261 g/mol. The maximum atomic E-state index is 5.71. The first-order valence-electron chi connectivity index (χ1n) is 6.70. The van der Waals surface area contributed by atoms with Crippen molar-refractivity contribution in [3.05, 3.63) is 29.6 Å². The highest BCUT2D eigenvalue weighted by molar-refractivity contribution is 7.17. The van der Waals surface area contributed by atoms with Crippen molar-refractivity contribution in [1.82, 2.24) is 0 Å². The van der Waals surface area contributed by atoms with Gasteiger partial charge < -0.3 is 10.1 Å². The second kappa shape index (κ2) is 5.29.